The van der Waals surface area contributed by atoms with E-state index in [2.05, 4.69) is 4.99 Å². The van der Waals surface area contributed by atoms with Gasteiger partial charge in [-0.1, -0.05) is 0 Å². The van der Waals surface area contributed by atoms with Crippen molar-refractivity contribution in [3.05, 3.63) is 0 Å². The van der Waals surface area contributed by atoms with Gasteiger partial charge in [0.15, 0.2) is 0 Å². The van der Waals surface area contributed by atoms with Crippen LogP contribution >= 0.6 is 7.60 Å². The topological polar surface area (TPSA) is 108 Å². The highest BCUT2D eigenvalue weighted by Gasteiger charge is 2.09. The summed E-state index contributed by atoms with van der Waals surface area (Å²) in [6, 6.07) is 0. The lowest BCUT2D eigenvalue weighted by atomic mass is 11.2. The van der Waals surface area contributed by atoms with Crippen LogP contribution in [0.15, 0.2) is 4.99 Å². The molecule has 0 spiro atoms. The first-order valence-corrected chi connectivity index (χ1v) is 3.85. The third kappa shape index (κ3) is 7.58. The molecule has 0 heterocycles. The first-order chi connectivity index (χ1) is 4.06. The van der Waals surface area contributed by atoms with Gasteiger partial charge in [0, 0.05) is 0 Å². The second-order valence-electron chi connectivity index (χ2n) is 1.28. The fourth-order valence-electron chi connectivity index (χ4n) is 0.200. The minimum atomic E-state index is -3.99. The Balaban J connectivity index is 3.51. The van der Waals surface area contributed by atoms with Gasteiger partial charge >= 0.3 is 7.60 Å². The van der Waals surface area contributed by atoms with Crippen molar-refractivity contribution in [2.24, 2.45) is 10.8 Å². The van der Waals surface area contributed by atoms with Crippen LogP contribution in [0.4, 0.5) is 0 Å². The fourth-order valence-corrected chi connectivity index (χ4v) is 0.494. The molecule has 0 saturated heterocycles. The Hall–Kier alpha value is -0.420. The summed E-state index contributed by atoms with van der Waals surface area (Å²) in [6.07, 6.45) is 0.482. The smallest absolute Gasteiger partial charge is 0.323 e. The van der Waals surface area contributed by atoms with Gasteiger partial charge in [0.1, 0.15) is 6.29 Å². The number of nitrogens with two attached hydrogens (primary N) is 1. The van der Waals surface area contributed by atoms with Crippen molar-refractivity contribution >= 4 is 13.9 Å². The molecule has 0 aliphatic rings. The summed E-state index contributed by atoms with van der Waals surface area (Å²) in [7, 11) is -3.99. The van der Waals surface area contributed by atoms with Crippen molar-refractivity contribution in [1.29, 1.82) is 0 Å². The molecule has 0 bridgehead atoms. The van der Waals surface area contributed by atoms with Gasteiger partial charge in [-0.25, -0.2) is 5.84 Å². The highest BCUT2D eigenvalue weighted by Crippen LogP contribution is 2.33. The zero-order valence-corrected chi connectivity index (χ0v) is 5.45. The minimum absolute atomic E-state index is 0.531. The molecule has 0 fully saturated rings. The quantitative estimate of drug-likeness (QED) is 0.131. The molecule has 0 atom stereocenters. The molecule has 0 aliphatic heterocycles. The lowest BCUT2D eigenvalue weighted by molar-refractivity contribution is 0.374. The monoisotopic (exact) mass is 153 g/mol. The maximum absolute atomic E-state index is 10.0. The zero-order chi connectivity index (χ0) is 7.33. The lowest BCUT2D eigenvalue weighted by Gasteiger charge is -1.95. The van der Waals surface area contributed by atoms with E-state index in [1.165, 1.54) is 0 Å². The molecule has 0 rings (SSSR count). The molecular formula is C2H8N3O3P. The molecule has 9 heavy (non-hydrogen) atoms. The van der Waals surface area contributed by atoms with Crippen molar-refractivity contribution in [1.82, 2.24) is 5.43 Å². The van der Waals surface area contributed by atoms with Gasteiger partial charge in [-0.3, -0.25) is 9.56 Å². The summed E-state index contributed by atoms with van der Waals surface area (Å²) in [5, 5.41) is 0. The Morgan fingerprint density at radius 1 is 1.78 bits per heavy atom. The number of hydrogen-bond acceptors (Lipinski definition) is 3. The second-order valence-corrected chi connectivity index (χ2v) is 2.90. The van der Waals surface area contributed by atoms with Gasteiger partial charge in [0.25, 0.3) is 0 Å². The van der Waals surface area contributed by atoms with Crippen LogP contribution in [0.3, 0.4) is 0 Å². The molecule has 5 N–H and O–H groups in total. The van der Waals surface area contributed by atoms with E-state index in [9.17, 15) is 4.57 Å². The van der Waals surface area contributed by atoms with E-state index < -0.39 is 13.9 Å². The standard InChI is InChI=1S/C2H8N3O3P/c3-5-1-4-2-9(6,7)8/h1H,2-3H2,(H,4,5)(H2,6,7,8). The Morgan fingerprint density at radius 2 is 2.33 bits per heavy atom. The predicted molar refractivity (Wildman–Crippen MR) is 32.7 cm³/mol. The molecule has 0 aromatic heterocycles. The predicted octanol–water partition coefficient (Wildman–Crippen LogP) is -1.39. The Kier molecular flexibility index (Phi) is 3.41. The largest absolute Gasteiger partial charge is 0.346 e. The van der Waals surface area contributed by atoms with E-state index in [0.29, 0.717) is 0 Å². The molecule has 0 radical (unpaired) electrons. The zero-order valence-electron chi connectivity index (χ0n) is 4.56. The summed E-state index contributed by atoms with van der Waals surface area (Å²) in [6.45, 7) is 0. The first-order valence-electron chi connectivity index (χ1n) is 2.05. The van der Waals surface area contributed by atoms with Crippen molar-refractivity contribution in [2.45, 2.75) is 0 Å². The van der Waals surface area contributed by atoms with Gasteiger partial charge in [0.05, 0.1) is 6.34 Å². The summed E-state index contributed by atoms with van der Waals surface area (Å²) in [5.74, 6) is 4.71. The molecule has 54 valence electrons. The number of nitrogens with zero attached hydrogens (tertiary/aromatic N) is 1. The number of hydrogen-bond donors (Lipinski definition) is 4. The summed E-state index contributed by atoms with van der Waals surface area (Å²) in [4.78, 5) is 19.6. The maximum Gasteiger partial charge on any atom is 0.346 e. The average Bonchev–Trinajstić information content (AvgIpc) is 1.63. The Labute approximate surface area is 51.9 Å². The van der Waals surface area contributed by atoms with E-state index in [-0.39, 0.29) is 0 Å². The number of aliphatic imine (C=N–C) groups is 1. The third-order valence-electron chi connectivity index (χ3n) is 0.432. The summed E-state index contributed by atoms with van der Waals surface area (Å²) >= 11 is 0. The van der Waals surface area contributed by atoms with Gasteiger partial charge in [0.2, 0.25) is 0 Å². The normalized spacial score (nSPS) is 12.3. The van der Waals surface area contributed by atoms with E-state index in [4.69, 9.17) is 15.6 Å². The van der Waals surface area contributed by atoms with E-state index in [0.717, 1.165) is 6.34 Å². The van der Waals surface area contributed by atoms with Crippen LogP contribution < -0.4 is 11.3 Å². The third-order valence-corrected chi connectivity index (χ3v) is 0.963. The Morgan fingerprint density at radius 3 is 2.67 bits per heavy atom. The summed E-state index contributed by atoms with van der Waals surface area (Å²) < 4.78 is 10.0. The van der Waals surface area contributed by atoms with Crippen molar-refractivity contribution in [3.8, 4) is 0 Å². The maximum atomic E-state index is 10.0. The number of rotatable bonds is 3. The number of hydrazine groups is 1. The van der Waals surface area contributed by atoms with Crippen LogP contribution in [0.1, 0.15) is 0 Å². The van der Waals surface area contributed by atoms with Gasteiger partial charge < -0.3 is 15.2 Å². The van der Waals surface area contributed by atoms with Crippen LogP contribution in [0.5, 0.6) is 0 Å². The van der Waals surface area contributed by atoms with Gasteiger partial charge in [-0.05, 0) is 0 Å². The lowest BCUT2D eigenvalue weighted by Crippen LogP contribution is -2.19. The highest BCUT2D eigenvalue weighted by molar-refractivity contribution is 7.51. The SMILES string of the molecule is NNC=NCP(=O)(O)O. The van der Waals surface area contributed by atoms with Crippen LogP contribution in [0.25, 0.3) is 0 Å². The van der Waals surface area contributed by atoms with E-state index in [1.54, 1.807) is 0 Å². The van der Waals surface area contributed by atoms with Gasteiger partial charge in [-0.15, -0.1) is 0 Å². The molecule has 0 aromatic rings. The minimum Gasteiger partial charge on any atom is -0.323 e. The van der Waals surface area contributed by atoms with Crippen LogP contribution in [0.2, 0.25) is 0 Å². The molecule has 7 heteroatoms. The van der Waals surface area contributed by atoms with Crippen molar-refractivity contribution in [3.63, 3.8) is 0 Å². The molecule has 0 amide bonds. The first kappa shape index (κ1) is 8.58. The van der Waals surface area contributed by atoms with Crippen LogP contribution in [-0.2, 0) is 4.57 Å². The fraction of sp³-hybridized carbons (Fsp3) is 0.500. The van der Waals surface area contributed by atoms with Crippen LogP contribution in [0, 0.1) is 0 Å². The number of nitrogens with one attached hydrogen (secondary N) is 1. The van der Waals surface area contributed by atoms with Crippen molar-refractivity contribution < 1.29 is 14.4 Å². The van der Waals surface area contributed by atoms with Crippen LogP contribution in [-0.4, -0.2) is 22.4 Å². The van der Waals surface area contributed by atoms with E-state index in [1.807, 2.05) is 5.43 Å². The highest BCUT2D eigenvalue weighted by atomic mass is 31.2. The molecule has 0 aromatic carbocycles. The van der Waals surface area contributed by atoms with E-state index >= 15 is 0 Å². The molecule has 0 unspecified atom stereocenters. The molecular weight excluding hydrogens is 145 g/mol. The molecule has 0 saturated carbocycles. The summed E-state index contributed by atoms with van der Waals surface area (Å²) in [5.41, 5.74) is 2.01. The Bertz CT molecular complexity index is 140. The van der Waals surface area contributed by atoms with Gasteiger partial charge in [-0.2, -0.15) is 0 Å². The average molecular weight is 153 g/mol. The molecule has 6 nitrogen and oxygen atoms in total. The molecule has 0 aliphatic carbocycles. The second kappa shape index (κ2) is 3.58. The van der Waals surface area contributed by atoms with Crippen molar-refractivity contribution in [2.75, 3.05) is 6.29 Å².